The minimum atomic E-state index is -0.00761. The van der Waals surface area contributed by atoms with Crippen LogP contribution in [0.1, 0.15) is 93.7 Å². The molecule has 7 saturated carbocycles. The predicted molar refractivity (Wildman–Crippen MR) is 277 cm³/mol. The molecule has 0 spiro atoms. The van der Waals surface area contributed by atoms with Gasteiger partial charge >= 0.3 is 6.85 Å². The van der Waals surface area contributed by atoms with Crippen LogP contribution >= 0.6 is 0 Å². The van der Waals surface area contributed by atoms with Crippen LogP contribution in [0.25, 0.3) is 71.7 Å². The average Bonchev–Trinajstić information content (AvgIpc) is 3.95. The highest BCUT2D eigenvalue weighted by atomic mass is 16.3. The summed E-state index contributed by atoms with van der Waals surface area (Å²) >= 11 is 0. The van der Waals surface area contributed by atoms with Crippen molar-refractivity contribution in [2.24, 2.45) is 35.5 Å². The third kappa shape index (κ3) is 4.90. The first-order chi connectivity index (χ1) is 32.9. The van der Waals surface area contributed by atoms with Crippen molar-refractivity contribution in [3.05, 3.63) is 150 Å². The van der Waals surface area contributed by atoms with E-state index in [4.69, 9.17) is 4.42 Å². The number of furan rings is 1. The second-order valence-corrected chi connectivity index (χ2v) is 23.7. The van der Waals surface area contributed by atoms with Crippen molar-refractivity contribution in [2.45, 2.75) is 94.8 Å². The number of hydrogen-bond acceptors (Lipinski definition) is 2. The minimum absolute atomic E-state index is 0.00761. The summed E-state index contributed by atoms with van der Waals surface area (Å²) in [5.41, 5.74) is 21.8. The molecule has 0 amide bonds. The summed E-state index contributed by atoms with van der Waals surface area (Å²) in [7, 11) is 0. The summed E-state index contributed by atoms with van der Waals surface area (Å²) in [5, 5.41) is 5.36. The first kappa shape index (κ1) is 37.0. The van der Waals surface area contributed by atoms with E-state index in [0.29, 0.717) is 5.41 Å². The highest BCUT2D eigenvalue weighted by Gasteiger charge is 2.54. The highest BCUT2D eigenvalue weighted by Crippen LogP contribution is 2.63. The molecule has 7 fully saturated rings. The van der Waals surface area contributed by atoms with Crippen LogP contribution in [0.2, 0.25) is 0 Å². The van der Waals surface area contributed by atoms with Crippen molar-refractivity contribution in [1.29, 1.82) is 0 Å². The predicted octanol–water partition coefficient (Wildman–Crippen LogP) is 14.8. The quantitative estimate of drug-likeness (QED) is 0.164. The summed E-state index contributed by atoms with van der Waals surface area (Å²) in [6.07, 6.45) is 17.1. The number of hydrogen-bond donors (Lipinski definition) is 0. The molecule has 2 aliphatic heterocycles. The van der Waals surface area contributed by atoms with Gasteiger partial charge in [-0.25, -0.2) is 0 Å². The van der Waals surface area contributed by atoms with Gasteiger partial charge in [-0.1, -0.05) is 78.9 Å². The second kappa shape index (κ2) is 12.8. The second-order valence-electron chi connectivity index (χ2n) is 23.7. The van der Waals surface area contributed by atoms with E-state index < -0.39 is 0 Å². The maximum Gasteiger partial charge on any atom is 0.333 e. The van der Waals surface area contributed by atoms with Crippen LogP contribution in [0.15, 0.2) is 138 Å². The van der Waals surface area contributed by atoms with Gasteiger partial charge in [-0.2, -0.15) is 0 Å². The van der Waals surface area contributed by atoms with Gasteiger partial charge in [-0.3, -0.25) is 0 Å². The number of rotatable bonds is 4. The van der Waals surface area contributed by atoms with Gasteiger partial charge in [-0.15, -0.1) is 0 Å². The maximum absolute atomic E-state index is 6.72. The van der Waals surface area contributed by atoms with Crippen LogP contribution in [-0.2, 0) is 10.8 Å². The molecule has 4 heteroatoms. The van der Waals surface area contributed by atoms with Crippen LogP contribution in [0.3, 0.4) is 0 Å². The molecule has 4 unspecified atom stereocenters. The molecule has 326 valence electrons. The average molecular weight is 867 g/mol. The van der Waals surface area contributed by atoms with Crippen molar-refractivity contribution < 1.29 is 4.42 Å². The lowest BCUT2D eigenvalue weighted by Crippen LogP contribution is -2.61. The van der Waals surface area contributed by atoms with Gasteiger partial charge in [0.15, 0.2) is 0 Å². The maximum atomic E-state index is 6.72. The summed E-state index contributed by atoms with van der Waals surface area (Å²) < 4.78 is 9.47. The molecule has 0 N–H and O–H groups in total. The molecule has 4 atom stereocenters. The van der Waals surface area contributed by atoms with Gasteiger partial charge in [0.2, 0.25) is 0 Å². The van der Waals surface area contributed by atoms with Crippen molar-refractivity contribution in [2.75, 3.05) is 4.81 Å². The Balaban J connectivity index is 0.970. The number of aryl methyl sites for hydroxylation is 1. The largest absolute Gasteiger partial charge is 0.456 e. The molecule has 2 aromatic heterocycles. The van der Waals surface area contributed by atoms with Gasteiger partial charge in [-0.05, 0) is 229 Å². The number of anilines is 2. The zero-order chi connectivity index (χ0) is 43.5. The molecular formula is C63H55BN2O. The van der Waals surface area contributed by atoms with Crippen LogP contribution in [0.4, 0.5) is 11.4 Å². The van der Waals surface area contributed by atoms with E-state index in [2.05, 4.69) is 150 Å². The Bertz CT molecular complexity index is 3590. The number of aromatic nitrogens is 1. The molecule has 9 aliphatic rings. The molecule has 0 saturated heterocycles. The monoisotopic (exact) mass is 866 g/mol. The molecule has 4 heterocycles. The third-order valence-electron chi connectivity index (χ3n) is 20.1. The normalized spacial score (nSPS) is 29.2. The van der Waals surface area contributed by atoms with Gasteiger partial charge in [0.1, 0.15) is 11.2 Å². The Hall–Kier alpha value is -6.00. The van der Waals surface area contributed by atoms with Crippen molar-refractivity contribution in [3.8, 4) is 27.9 Å². The molecule has 7 aromatic carbocycles. The number of para-hydroxylation sites is 1. The lowest BCUT2D eigenvalue weighted by Gasteiger charge is -2.57. The summed E-state index contributed by atoms with van der Waals surface area (Å²) in [4.78, 5) is 2.76. The number of benzene rings is 7. The molecular weight excluding hydrogens is 812 g/mol. The Morgan fingerprint density at radius 2 is 1.27 bits per heavy atom. The summed E-state index contributed by atoms with van der Waals surface area (Å²) in [6, 6.07) is 52.4. The summed E-state index contributed by atoms with van der Waals surface area (Å²) in [5.74, 6) is 5.48. The zero-order valence-corrected chi connectivity index (χ0v) is 38.5. The topological polar surface area (TPSA) is 21.3 Å². The van der Waals surface area contributed by atoms with E-state index >= 15 is 0 Å². The van der Waals surface area contributed by atoms with Gasteiger partial charge in [0, 0.05) is 44.2 Å². The zero-order valence-electron chi connectivity index (χ0n) is 38.5. The molecule has 0 radical (unpaired) electrons. The number of nitrogens with zero attached hydrogens (tertiary/aromatic N) is 2. The van der Waals surface area contributed by atoms with Crippen molar-refractivity contribution >= 4 is 72.9 Å². The van der Waals surface area contributed by atoms with E-state index in [1.54, 1.807) is 11.1 Å². The standard InChI is InChI=1S/C63H55BN2O/c1-36-19-52-50-30-59-51(48-9-5-6-10-58(48)67-59)29-56(50)66(47-14-11-42(12-15-47)41-7-3-2-4-8-41)64-54-28-46(63-32-37-21-38(33-63)23-39(22-37)34-63)27-53-49-26-45(62-18-17-43-24-40(31-62)25-44(43)35-62)13-16-55(49)65(61(53)54)57(20-36)60(52)64/h2-16,19-20,26-30,37-40,43-44H,17-18,21-25,31-35H2,1H3. The lowest BCUT2D eigenvalue weighted by atomic mass is 9.42. The molecule has 7 bridgehead atoms. The third-order valence-corrected chi connectivity index (χ3v) is 20.1. The smallest absolute Gasteiger partial charge is 0.333 e. The van der Waals surface area contributed by atoms with E-state index in [-0.39, 0.29) is 12.3 Å². The molecule has 7 aliphatic carbocycles. The van der Waals surface area contributed by atoms with Crippen molar-refractivity contribution in [1.82, 2.24) is 4.57 Å². The van der Waals surface area contributed by atoms with E-state index in [1.807, 2.05) is 0 Å². The Labute approximate surface area is 393 Å². The van der Waals surface area contributed by atoms with Crippen molar-refractivity contribution in [3.63, 3.8) is 0 Å². The van der Waals surface area contributed by atoms with E-state index in [9.17, 15) is 0 Å². The summed E-state index contributed by atoms with van der Waals surface area (Å²) in [6.45, 7) is 2.31. The van der Waals surface area contributed by atoms with Gasteiger partial charge in [0.25, 0.3) is 0 Å². The van der Waals surface area contributed by atoms with E-state index in [1.165, 1.54) is 165 Å². The fourth-order valence-electron chi connectivity index (χ4n) is 18.0. The fourth-order valence-corrected chi connectivity index (χ4v) is 18.0. The molecule has 3 nitrogen and oxygen atoms in total. The Morgan fingerprint density at radius 1 is 0.537 bits per heavy atom. The van der Waals surface area contributed by atoms with E-state index in [0.717, 1.165) is 46.7 Å². The van der Waals surface area contributed by atoms with Crippen LogP contribution in [0.5, 0.6) is 0 Å². The Kier molecular flexibility index (Phi) is 7.05. The molecule has 9 aromatic rings. The molecule has 67 heavy (non-hydrogen) atoms. The molecule has 18 rings (SSSR count). The highest BCUT2D eigenvalue weighted by molar-refractivity contribution is 6.93. The van der Waals surface area contributed by atoms with Gasteiger partial charge in [0.05, 0.1) is 11.0 Å². The lowest BCUT2D eigenvalue weighted by molar-refractivity contribution is -0.00509. The first-order valence-corrected chi connectivity index (χ1v) is 26.1. The van der Waals surface area contributed by atoms with Gasteiger partial charge < -0.3 is 13.8 Å². The Morgan fingerprint density at radius 3 is 2.10 bits per heavy atom. The SMILES string of the molecule is Cc1cc2c3c(c1)-n1c4ccc(C56CCC7CC(CC7C5)C6)cc4c4cc(C56CC7CC(CC(C7)C5)C6)cc(c41)B3N(c1ccc(-c3ccccc3)cc1)c1cc3c(cc1-2)oc1ccccc13. The van der Waals surface area contributed by atoms with Crippen LogP contribution in [-0.4, -0.2) is 11.4 Å². The fraction of sp³-hybridized carbons (Fsp3) is 0.333. The van der Waals surface area contributed by atoms with Crippen LogP contribution < -0.4 is 15.7 Å². The first-order valence-electron chi connectivity index (χ1n) is 26.1. The van der Waals surface area contributed by atoms with Crippen LogP contribution in [0, 0.1) is 42.4 Å². The minimum Gasteiger partial charge on any atom is -0.456 e. The number of fused-ring (bicyclic) bond motifs is 12.